The van der Waals surface area contributed by atoms with E-state index < -0.39 is 20.3 Å². The van der Waals surface area contributed by atoms with E-state index in [9.17, 15) is 5.11 Å². The third-order valence-electron chi connectivity index (χ3n) is 8.94. The number of allylic oxidation sites excluding steroid dienone is 2. The molecular weight excluding hydrogens is 540 g/mol. The predicted octanol–water partition coefficient (Wildman–Crippen LogP) is 10.3. The van der Waals surface area contributed by atoms with Gasteiger partial charge in [-0.1, -0.05) is 53.7 Å². The molecule has 0 bridgehead atoms. The van der Waals surface area contributed by atoms with Crippen LogP contribution in [-0.4, -0.2) is 5.11 Å². The summed E-state index contributed by atoms with van der Waals surface area (Å²) in [6, 6.07) is 24.2. The zero-order chi connectivity index (χ0) is 27.5. The molecule has 3 aliphatic rings. The summed E-state index contributed by atoms with van der Waals surface area (Å²) in [5.41, 5.74) is 12.0. The van der Waals surface area contributed by atoms with Crippen LogP contribution in [0.1, 0.15) is 96.0 Å². The number of hydrogen-bond donors (Lipinski definition) is 1. The summed E-state index contributed by atoms with van der Waals surface area (Å²) in [4.78, 5) is 0. The van der Waals surface area contributed by atoms with Crippen molar-refractivity contribution < 1.29 is 25.4 Å². The van der Waals surface area contributed by atoms with E-state index in [1.54, 1.807) is 36.6 Å². The average molecular weight is 584 g/mol. The summed E-state index contributed by atoms with van der Waals surface area (Å²) < 4.78 is 4.73. The minimum atomic E-state index is -2.25. The van der Waals surface area contributed by atoms with E-state index >= 15 is 0 Å². The molecule has 1 saturated heterocycles. The first-order chi connectivity index (χ1) is 17.8. The Balaban J connectivity index is 0.000000172. The molecule has 3 aromatic carbocycles. The Labute approximate surface area is 235 Å². The molecule has 6 rings (SSSR count). The van der Waals surface area contributed by atoms with Crippen molar-refractivity contribution in [3.8, 4) is 5.75 Å². The molecule has 0 spiro atoms. The van der Waals surface area contributed by atoms with Gasteiger partial charge in [-0.2, -0.15) is 0 Å². The molecular formula is C36H44OZr. The molecule has 2 aliphatic carbocycles. The molecule has 2 atom stereocenters. The Kier molecular flexibility index (Phi) is 7.05. The molecule has 0 radical (unpaired) electrons. The third kappa shape index (κ3) is 4.95. The fraction of sp³-hybridized carbons (Fsp3) is 0.389. The summed E-state index contributed by atoms with van der Waals surface area (Å²) >= 11 is -2.25. The predicted molar refractivity (Wildman–Crippen MR) is 161 cm³/mol. The van der Waals surface area contributed by atoms with E-state index in [0.717, 1.165) is 12.8 Å². The number of hydrogen-bond acceptors (Lipinski definition) is 1. The Morgan fingerprint density at radius 1 is 0.658 bits per heavy atom. The first kappa shape index (κ1) is 27.4. The number of phenolic OH excluding ortho intramolecular Hbond substituents is 1. The topological polar surface area (TPSA) is 20.2 Å². The van der Waals surface area contributed by atoms with Crippen molar-refractivity contribution >= 4 is 12.2 Å². The minimum absolute atomic E-state index is 0.00859. The van der Waals surface area contributed by atoms with Gasteiger partial charge < -0.3 is 5.11 Å². The second-order valence-electron chi connectivity index (χ2n) is 13.9. The summed E-state index contributed by atoms with van der Waals surface area (Å²) in [7, 11) is 0. The maximum atomic E-state index is 9.84. The first-order valence-corrected chi connectivity index (χ1v) is 20.5. The van der Waals surface area contributed by atoms with Crippen LogP contribution in [0.15, 0.2) is 77.9 Å². The van der Waals surface area contributed by atoms with Gasteiger partial charge in [-0.25, -0.2) is 0 Å². The molecule has 0 aromatic heterocycles. The zero-order valence-corrected chi connectivity index (χ0v) is 27.0. The molecule has 0 saturated carbocycles. The van der Waals surface area contributed by atoms with Gasteiger partial charge in [0.1, 0.15) is 5.75 Å². The van der Waals surface area contributed by atoms with Crippen LogP contribution in [0.5, 0.6) is 5.75 Å². The van der Waals surface area contributed by atoms with Gasteiger partial charge in [0.25, 0.3) is 0 Å². The van der Waals surface area contributed by atoms with Crippen LogP contribution in [0.3, 0.4) is 0 Å². The molecule has 1 N–H and O–H groups in total. The number of rotatable bonds is 2. The summed E-state index contributed by atoms with van der Waals surface area (Å²) in [5, 5.41) is 9.84. The molecule has 3 aromatic rings. The average Bonchev–Trinajstić information content (AvgIpc) is 3.42. The molecule has 1 fully saturated rings. The summed E-state index contributed by atoms with van der Waals surface area (Å²) in [6.45, 7) is 17.7. The van der Waals surface area contributed by atoms with Gasteiger partial charge in [-0.15, -0.1) is 0 Å². The van der Waals surface area contributed by atoms with Gasteiger partial charge in [0.15, 0.2) is 0 Å². The van der Waals surface area contributed by atoms with Crippen molar-refractivity contribution in [1.29, 1.82) is 0 Å². The van der Waals surface area contributed by atoms with Crippen LogP contribution in [0.4, 0.5) is 0 Å². The molecule has 2 unspecified atom stereocenters. The van der Waals surface area contributed by atoms with Gasteiger partial charge in [0, 0.05) is 0 Å². The van der Waals surface area contributed by atoms with Gasteiger partial charge in [-0.3, -0.25) is 0 Å². The van der Waals surface area contributed by atoms with E-state index in [1.807, 2.05) is 6.07 Å². The second-order valence-corrected chi connectivity index (χ2v) is 25.2. The van der Waals surface area contributed by atoms with Crippen LogP contribution in [0, 0.1) is 0 Å². The summed E-state index contributed by atoms with van der Waals surface area (Å²) in [5.74, 6) is 0.399. The molecule has 38 heavy (non-hydrogen) atoms. The Morgan fingerprint density at radius 3 is 1.55 bits per heavy atom. The Hall–Kier alpha value is -2.18. The van der Waals surface area contributed by atoms with Crippen LogP contribution >= 0.6 is 0 Å². The van der Waals surface area contributed by atoms with E-state index in [1.165, 1.54) is 16.7 Å². The van der Waals surface area contributed by atoms with Crippen molar-refractivity contribution in [2.24, 2.45) is 0 Å². The van der Waals surface area contributed by atoms with Crippen LogP contribution in [-0.2, 0) is 31.1 Å². The number of aromatic hydroxyl groups is 1. The molecule has 1 aliphatic heterocycles. The van der Waals surface area contributed by atoms with Gasteiger partial charge in [0.2, 0.25) is 0 Å². The number of benzene rings is 3. The van der Waals surface area contributed by atoms with Crippen molar-refractivity contribution in [3.05, 3.63) is 111 Å². The van der Waals surface area contributed by atoms with Crippen molar-refractivity contribution in [1.82, 2.24) is 0 Å². The SMILES string of the molecule is CC(C)(C)c1ccc(O)c(C(C)(C)C)c1.CC1=Cc2ccccc2[CH]1[Zr]1([CH]2C(C)=Cc3ccccc32)[CH2][CH2]1. The van der Waals surface area contributed by atoms with Crippen molar-refractivity contribution in [2.75, 3.05) is 0 Å². The molecule has 1 heterocycles. The van der Waals surface area contributed by atoms with E-state index in [-0.39, 0.29) is 10.8 Å². The third-order valence-corrected chi connectivity index (χ3v) is 22.4. The van der Waals surface area contributed by atoms with Crippen LogP contribution in [0.25, 0.3) is 12.2 Å². The maximum absolute atomic E-state index is 9.84. The normalized spacial score (nSPS) is 21.1. The summed E-state index contributed by atoms with van der Waals surface area (Å²) in [6.07, 6.45) is 4.94. The monoisotopic (exact) mass is 582 g/mol. The standard InChI is InChI=1S/C14H22O.2C10H9.C2H4.Zr/c1-13(2,3)10-7-8-12(15)11(9-10)14(4,5)6;2*1-8-6-9-4-2-3-5-10(9)7-8;1-2;/h7-9,15H,1-6H3;2*2-7H,1H3;1-2H2;. The van der Waals surface area contributed by atoms with Crippen molar-refractivity contribution in [3.63, 3.8) is 0 Å². The molecule has 1 nitrogen and oxygen atoms in total. The van der Waals surface area contributed by atoms with Gasteiger partial charge >= 0.3 is 144 Å². The molecule has 0 amide bonds. The Bertz CT molecular complexity index is 1350. The second kappa shape index (κ2) is 9.78. The fourth-order valence-electron chi connectivity index (χ4n) is 6.98. The molecule has 198 valence electrons. The van der Waals surface area contributed by atoms with E-state index in [4.69, 9.17) is 0 Å². The Morgan fingerprint density at radius 2 is 1.13 bits per heavy atom. The quantitative estimate of drug-likeness (QED) is 0.318. The van der Waals surface area contributed by atoms with E-state index in [2.05, 4.69) is 122 Å². The fourth-order valence-corrected chi connectivity index (χ4v) is 24.7. The number of phenols is 1. The van der Waals surface area contributed by atoms with Crippen molar-refractivity contribution in [2.45, 2.75) is 81.7 Å². The van der Waals surface area contributed by atoms with Gasteiger partial charge in [0.05, 0.1) is 0 Å². The number of fused-ring (bicyclic) bond motifs is 2. The zero-order valence-electron chi connectivity index (χ0n) is 24.5. The first-order valence-electron chi connectivity index (χ1n) is 14.2. The van der Waals surface area contributed by atoms with E-state index in [0.29, 0.717) is 5.75 Å². The van der Waals surface area contributed by atoms with Crippen LogP contribution in [0.2, 0.25) is 8.26 Å². The van der Waals surface area contributed by atoms with Gasteiger partial charge in [-0.05, 0) is 28.0 Å². The van der Waals surface area contributed by atoms with Crippen LogP contribution < -0.4 is 0 Å². The molecule has 2 heteroatoms.